The van der Waals surface area contributed by atoms with Gasteiger partial charge in [0.1, 0.15) is 0 Å². The highest BCUT2D eigenvalue weighted by Crippen LogP contribution is 2.43. The lowest BCUT2D eigenvalue weighted by Gasteiger charge is -2.31. The predicted molar refractivity (Wildman–Crippen MR) is 102 cm³/mol. The molecule has 8 nitrogen and oxygen atoms in total. The van der Waals surface area contributed by atoms with Crippen LogP contribution in [0.25, 0.3) is 0 Å². The minimum atomic E-state index is -5.15. The van der Waals surface area contributed by atoms with Gasteiger partial charge in [-0.3, -0.25) is 0 Å². The van der Waals surface area contributed by atoms with Crippen LogP contribution in [0.1, 0.15) is 79.1 Å². The zero-order valence-electron chi connectivity index (χ0n) is 17.1. The van der Waals surface area contributed by atoms with E-state index >= 15 is 0 Å². The van der Waals surface area contributed by atoms with Crippen LogP contribution in [0.2, 0.25) is 0 Å². The summed E-state index contributed by atoms with van der Waals surface area (Å²) >= 11 is 0. The fourth-order valence-corrected chi connectivity index (χ4v) is 3.16. The van der Waals surface area contributed by atoms with E-state index in [1.807, 2.05) is 13.8 Å². The molecule has 0 aliphatic carbocycles. The molecule has 0 aliphatic rings. The molecule has 0 aromatic carbocycles. The molecule has 0 amide bonds. The lowest BCUT2D eigenvalue weighted by molar-refractivity contribution is -0.339. The van der Waals surface area contributed by atoms with Gasteiger partial charge in [0.05, 0.1) is 13.2 Å². The maximum atomic E-state index is 11.8. The van der Waals surface area contributed by atoms with Gasteiger partial charge in [0.2, 0.25) is 0 Å². The Bertz CT molecular complexity index is 431. The van der Waals surface area contributed by atoms with E-state index < -0.39 is 19.8 Å². The maximum Gasteiger partial charge on any atom is 0.474 e. The van der Waals surface area contributed by atoms with Gasteiger partial charge in [0.25, 0.3) is 0 Å². The summed E-state index contributed by atoms with van der Waals surface area (Å²) in [6.45, 7) is 7.97. The Morgan fingerprint density at radius 2 is 1.33 bits per heavy atom. The van der Waals surface area contributed by atoms with E-state index in [9.17, 15) is 24.3 Å². The molecule has 2 unspecified atom stereocenters. The first kappa shape index (κ1) is 26.5. The number of phosphoric acid groups is 1. The SMILES string of the molecule is CCCCC(CC)COC(OCC(CC)CCCC)(OP(=O)(O)O)C(=O)O. The van der Waals surface area contributed by atoms with E-state index in [1.165, 1.54) is 0 Å². The van der Waals surface area contributed by atoms with Gasteiger partial charge in [-0.1, -0.05) is 66.2 Å². The smallest absolute Gasteiger partial charge is 0.474 e. The molecule has 0 rings (SSSR count). The van der Waals surface area contributed by atoms with Crippen LogP contribution in [0.15, 0.2) is 0 Å². The normalized spacial score (nSPS) is 16.7. The van der Waals surface area contributed by atoms with Crippen LogP contribution >= 0.6 is 7.82 Å². The van der Waals surface area contributed by atoms with Crippen molar-refractivity contribution in [3.63, 3.8) is 0 Å². The molecule has 2 atom stereocenters. The highest BCUT2D eigenvalue weighted by Gasteiger charge is 2.49. The Balaban J connectivity index is 5.27. The Labute approximate surface area is 162 Å². The van der Waals surface area contributed by atoms with E-state index in [2.05, 4.69) is 18.4 Å². The number of hydrogen-bond acceptors (Lipinski definition) is 5. The standard InChI is InChI=1S/C18H37O8P/c1-5-9-11-15(7-3)13-24-18(17(19)20,26-27(21,22)23)25-14-16(8-4)12-10-6-2/h15-16H,5-14H2,1-4H3,(H,19,20)(H2,21,22,23). The van der Waals surface area contributed by atoms with E-state index in [4.69, 9.17) is 9.47 Å². The number of unbranched alkanes of at least 4 members (excludes halogenated alkanes) is 2. The Morgan fingerprint density at radius 1 is 0.926 bits per heavy atom. The van der Waals surface area contributed by atoms with Crippen molar-refractivity contribution in [3.05, 3.63) is 0 Å². The van der Waals surface area contributed by atoms with Gasteiger partial charge in [-0.25, -0.2) is 13.9 Å². The third-order valence-electron chi connectivity index (χ3n) is 4.61. The van der Waals surface area contributed by atoms with Crippen LogP contribution in [0.4, 0.5) is 0 Å². The van der Waals surface area contributed by atoms with Crippen molar-refractivity contribution in [2.24, 2.45) is 11.8 Å². The van der Waals surface area contributed by atoms with Crippen molar-refractivity contribution in [1.29, 1.82) is 0 Å². The van der Waals surface area contributed by atoms with Gasteiger partial charge < -0.3 is 24.4 Å². The van der Waals surface area contributed by atoms with E-state index in [0.717, 1.165) is 51.4 Å². The summed E-state index contributed by atoms with van der Waals surface area (Å²) in [5.74, 6) is -4.41. The lowest BCUT2D eigenvalue weighted by Crippen LogP contribution is -2.48. The van der Waals surface area contributed by atoms with Crippen LogP contribution in [-0.2, 0) is 23.4 Å². The number of phosphoric ester groups is 1. The third-order valence-corrected chi connectivity index (χ3v) is 5.08. The van der Waals surface area contributed by atoms with E-state index in [1.54, 1.807) is 0 Å². The van der Waals surface area contributed by atoms with E-state index in [0.29, 0.717) is 0 Å². The van der Waals surface area contributed by atoms with Gasteiger partial charge in [-0.05, 0) is 24.7 Å². The first-order valence-corrected chi connectivity index (χ1v) is 11.4. The summed E-state index contributed by atoms with van der Waals surface area (Å²) in [5.41, 5.74) is 0. The minimum absolute atomic E-state index is 0.0193. The van der Waals surface area contributed by atoms with Gasteiger partial charge in [0.15, 0.2) is 0 Å². The zero-order valence-corrected chi connectivity index (χ0v) is 18.0. The zero-order chi connectivity index (χ0) is 20.9. The largest absolute Gasteiger partial charge is 0.475 e. The summed E-state index contributed by atoms with van der Waals surface area (Å²) in [4.78, 5) is 30.2. The summed E-state index contributed by atoms with van der Waals surface area (Å²) in [5, 5.41) is 9.59. The predicted octanol–water partition coefficient (Wildman–Crippen LogP) is 4.30. The number of ether oxygens (including phenoxy) is 2. The second-order valence-electron chi connectivity index (χ2n) is 6.90. The Morgan fingerprint density at radius 3 is 1.59 bits per heavy atom. The molecule has 0 spiro atoms. The van der Waals surface area contributed by atoms with Crippen LogP contribution in [-0.4, -0.2) is 40.0 Å². The quantitative estimate of drug-likeness (QED) is 0.239. The monoisotopic (exact) mass is 412 g/mol. The van der Waals surface area contributed by atoms with Crippen molar-refractivity contribution >= 4 is 13.8 Å². The Kier molecular flexibility index (Phi) is 13.4. The molecule has 3 N–H and O–H groups in total. The fourth-order valence-electron chi connectivity index (χ4n) is 2.66. The number of rotatable bonds is 17. The first-order valence-electron chi connectivity index (χ1n) is 9.91. The molecule has 162 valence electrons. The highest BCUT2D eigenvalue weighted by molar-refractivity contribution is 7.46. The van der Waals surface area contributed by atoms with Crippen molar-refractivity contribution in [1.82, 2.24) is 0 Å². The Hall–Kier alpha value is -0.500. The van der Waals surface area contributed by atoms with Gasteiger partial charge in [0, 0.05) is 0 Å². The molecule has 0 aliphatic heterocycles. The number of carboxylic acid groups (broad SMARTS) is 1. The van der Waals surface area contributed by atoms with Crippen molar-refractivity contribution < 1.29 is 38.3 Å². The van der Waals surface area contributed by atoms with Gasteiger partial charge in [-0.15, -0.1) is 0 Å². The average molecular weight is 412 g/mol. The number of aliphatic carboxylic acids is 1. The molecular weight excluding hydrogens is 375 g/mol. The molecule has 27 heavy (non-hydrogen) atoms. The summed E-state index contributed by atoms with van der Waals surface area (Å²) in [6, 6.07) is 0. The molecule has 0 saturated heterocycles. The van der Waals surface area contributed by atoms with Crippen molar-refractivity contribution in [2.45, 2.75) is 85.0 Å². The molecule has 0 saturated carbocycles. The topological polar surface area (TPSA) is 123 Å². The highest BCUT2D eigenvalue weighted by atomic mass is 31.2. The first-order chi connectivity index (χ1) is 12.6. The second-order valence-corrected chi connectivity index (χ2v) is 8.06. The van der Waals surface area contributed by atoms with Crippen LogP contribution in [0.5, 0.6) is 0 Å². The minimum Gasteiger partial charge on any atom is -0.475 e. The van der Waals surface area contributed by atoms with Gasteiger partial charge in [-0.2, -0.15) is 0 Å². The van der Waals surface area contributed by atoms with Crippen molar-refractivity contribution in [2.75, 3.05) is 13.2 Å². The average Bonchev–Trinajstić information content (AvgIpc) is 2.60. The molecule has 0 fully saturated rings. The van der Waals surface area contributed by atoms with Crippen molar-refractivity contribution in [3.8, 4) is 0 Å². The number of carbonyl (C=O) groups is 1. The molecule has 0 heterocycles. The summed E-state index contributed by atoms with van der Waals surface area (Å²) in [6.07, 6.45) is 7.05. The second kappa shape index (κ2) is 13.6. The number of carboxylic acids is 1. The van der Waals surface area contributed by atoms with Crippen LogP contribution in [0.3, 0.4) is 0 Å². The van der Waals surface area contributed by atoms with Crippen LogP contribution in [0, 0.1) is 11.8 Å². The molecule has 9 heteroatoms. The summed E-state index contributed by atoms with van der Waals surface area (Å²) in [7, 11) is -5.15. The number of hydrogen-bond donors (Lipinski definition) is 3. The van der Waals surface area contributed by atoms with E-state index in [-0.39, 0.29) is 25.0 Å². The summed E-state index contributed by atoms with van der Waals surface area (Å²) < 4.78 is 26.6. The lowest BCUT2D eigenvalue weighted by atomic mass is 10.0. The molecule has 0 radical (unpaired) electrons. The molecule has 0 bridgehead atoms. The fraction of sp³-hybridized carbons (Fsp3) is 0.944. The van der Waals surface area contributed by atoms with Gasteiger partial charge >= 0.3 is 19.8 Å². The maximum absolute atomic E-state index is 11.8. The van der Waals surface area contributed by atoms with Crippen LogP contribution < -0.4 is 0 Å². The molecule has 0 aromatic heterocycles. The molecule has 0 aromatic rings. The molecular formula is C18H37O8P. The third kappa shape index (κ3) is 11.2.